The number of alkyl halides is 1. The van der Waals surface area contributed by atoms with Crippen molar-refractivity contribution in [2.75, 3.05) is 5.75 Å². The summed E-state index contributed by atoms with van der Waals surface area (Å²) in [7, 11) is 0. The normalized spacial score (nSPS) is 17.4. The molecule has 0 bridgehead atoms. The number of carbonyl (C=O) groups excluding carboxylic acids is 1. The van der Waals surface area contributed by atoms with Crippen molar-refractivity contribution in [1.29, 1.82) is 0 Å². The second-order valence-corrected chi connectivity index (χ2v) is 5.93. The predicted octanol–water partition coefficient (Wildman–Crippen LogP) is 3.04. The Morgan fingerprint density at radius 1 is 1.53 bits per heavy atom. The highest BCUT2D eigenvalue weighted by atomic mass is 79.9. The SMILES string of the molecule is O=C1CSC(=NN=Cc2ccc(Br)c(CBr)c2F)N1. The third-order valence-electron chi connectivity index (χ3n) is 2.28. The fourth-order valence-electron chi connectivity index (χ4n) is 1.36. The minimum Gasteiger partial charge on any atom is -0.303 e. The lowest BCUT2D eigenvalue weighted by Gasteiger charge is -2.04. The fraction of sp³-hybridized carbons (Fsp3) is 0.182. The average Bonchev–Trinajstić information content (AvgIpc) is 2.79. The molecule has 100 valence electrons. The van der Waals surface area contributed by atoms with Gasteiger partial charge in [0.05, 0.1) is 12.0 Å². The summed E-state index contributed by atoms with van der Waals surface area (Å²) in [4.78, 5) is 10.9. The molecule has 1 heterocycles. The average molecular weight is 409 g/mol. The largest absolute Gasteiger partial charge is 0.303 e. The fourth-order valence-corrected chi connectivity index (χ4v) is 3.36. The number of amidine groups is 1. The van der Waals surface area contributed by atoms with Crippen LogP contribution in [0.25, 0.3) is 0 Å². The Morgan fingerprint density at radius 3 is 2.95 bits per heavy atom. The van der Waals surface area contributed by atoms with E-state index in [0.717, 1.165) is 0 Å². The maximum Gasteiger partial charge on any atom is 0.236 e. The van der Waals surface area contributed by atoms with Gasteiger partial charge in [-0.1, -0.05) is 43.6 Å². The predicted molar refractivity (Wildman–Crippen MR) is 82.4 cm³/mol. The molecule has 8 heteroatoms. The lowest BCUT2D eigenvalue weighted by atomic mass is 10.1. The smallest absolute Gasteiger partial charge is 0.236 e. The zero-order chi connectivity index (χ0) is 13.8. The first-order valence-corrected chi connectivity index (χ1v) is 8.08. The van der Waals surface area contributed by atoms with Crippen LogP contribution in [0, 0.1) is 5.82 Å². The van der Waals surface area contributed by atoms with E-state index in [2.05, 4.69) is 47.4 Å². The van der Waals surface area contributed by atoms with Crippen LogP contribution in [0.3, 0.4) is 0 Å². The van der Waals surface area contributed by atoms with E-state index < -0.39 is 0 Å². The van der Waals surface area contributed by atoms with Crippen LogP contribution in [0.1, 0.15) is 11.1 Å². The molecule has 19 heavy (non-hydrogen) atoms. The molecule has 1 fully saturated rings. The Bertz CT molecular complexity index is 577. The Hall–Kier alpha value is -0.730. The third-order valence-corrected chi connectivity index (χ3v) is 4.45. The number of hydrogen-bond acceptors (Lipinski definition) is 4. The molecule has 0 aromatic heterocycles. The van der Waals surface area contributed by atoms with Crippen molar-refractivity contribution in [3.05, 3.63) is 33.5 Å². The first-order chi connectivity index (χ1) is 9.11. The molecule has 0 aliphatic carbocycles. The highest BCUT2D eigenvalue weighted by Gasteiger charge is 2.16. The summed E-state index contributed by atoms with van der Waals surface area (Å²) in [6.07, 6.45) is 1.33. The Kier molecular flexibility index (Phi) is 5.12. The van der Waals surface area contributed by atoms with Crippen LogP contribution in [0.15, 0.2) is 26.8 Å². The van der Waals surface area contributed by atoms with Crippen LogP contribution >= 0.6 is 43.6 Å². The number of benzene rings is 1. The number of thioether (sulfide) groups is 1. The summed E-state index contributed by atoms with van der Waals surface area (Å²) >= 11 is 7.77. The van der Waals surface area contributed by atoms with Gasteiger partial charge in [0.1, 0.15) is 5.82 Å². The van der Waals surface area contributed by atoms with E-state index in [1.165, 1.54) is 18.0 Å². The molecule has 1 aromatic rings. The van der Waals surface area contributed by atoms with E-state index in [4.69, 9.17) is 0 Å². The van der Waals surface area contributed by atoms with Gasteiger partial charge in [0.25, 0.3) is 0 Å². The van der Waals surface area contributed by atoms with Gasteiger partial charge in [-0.3, -0.25) is 4.79 Å². The summed E-state index contributed by atoms with van der Waals surface area (Å²) in [5, 5.41) is 11.0. The van der Waals surface area contributed by atoms with Crippen molar-refractivity contribution >= 4 is 60.9 Å². The molecule has 1 amide bonds. The molecule has 1 saturated heterocycles. The second kappa shape index (κ2) is 6.62. The third kappa shape index (κ3) is 3.64. The van der Waals surface area contributed by atoms with E-state index in [1.54, 1.807) is 12.1 Å². The van der Waals surface area contributed by atoms with Crippen LogP contribution in [0.4, 0.5) is 4.39 Å². The molecular weight excluding hydrogens is 401 g/mol. The van der Waals surface area contributed by atoms with Crippen molar-refractivity contribution in [2.24, 2.45) is 10.2 Å². The first-order valence-electron chi connectivity index (χ1n) is 5.18. The van der Waals surface area contributed by atoms with Gasteiger partial charge in [0.2, 0.25) is 5.91 Å². The van der Waals surface area contributed by atoms with Gasteiger partial charge in [-0.05, 0) is 12.1 Å². The van der Waals surface area contributed by atoms with Crippen molar-refractivity contribution in [2.45, 2.75) is 5.33 Å². The molecule has 1 N–H and O–H groups in total. The quantitative estimate of drug-likeness (QED) is 0.474. The Labute approximate surface area is 130 Å². The maximum absolute atomic E-state index is 14.0. The van der Waals surface area contributed by atoms with Crippen LogP contribution in [0.5, 0.6) is 0 Å². The highest BCUT2D eigenvalue weighted by molar-refractivity contribution is 9.10. The second-order valence-electron chi connectivity index (χ2n) is 3.55. The molecule has 1 aliphatic heterocycles. The molecule has 2 rings (SSSR count). The van der Waals surface area contributed by atoms with Crippen molar-refractivity contribution in [3.8, 4) is 0 Å². The van der Waals surface area contributed by atoms with Crippen LogP contribution in [0.2, 0.25) is 0 Å². The van der Waals surface area contributed by atoms with E-state index >= 15 is 0 Å². The summed E-state index contributed by atoms with van der Waals surface area (Å²) in [5.41, 5.74) is 0.872. The summed E-state index contributed by atoms with van der Waals surface area (Å²) < 4.78 is 14.7. The summed E-state index contributed by atoms with van der Waals surface area (Å²) in [6, 6.07) is 3.36. The standard InChI is InChI=1S/C11H8Br2FN3OS/c12-3-7-8(13)2-1-6(10(7)14)4-15-17-11-16-9(18)5-19-11/h1-2,4H,3,5H2,(H,16,17,18). The Morgan fingerprint density at radius 2 is 2.32 bits per heavy atom. The topological polar surface area (TPSA) is 53.8 Å². The van der Waals surface area contributed by atoms with Crippen LogP contribution in [-0.4, -0.2) is 23.0 Å². The zero-order valence-corrected chi connectivity index (χ0v) is 13.5. The molecule has 0 spiro atoms. The number of amides is 1. The highest BCUT2D eigenvalue weighted by Crippen LogP contribution is 2.24. The minimum atomic E-state index is -0.349. The molecule has 0 atom stereocenters. The van der Waals surface area contributed by atoms with Crippen LogP contribution in [-0.2, 0) is 10.1 Å². The van der Waals surface area contributed by atoms with E-state index in [0.29, 0.717) is 31.9 Å². The summed E-state index contributed by atoms with van der Waals surface area (Å²) in [6.45, 7) is 0. The first kappa shape index (κ1) is 14.7. The molecule has 0 saturated carbocycles. The lowest BCUT2D eigenvalue weighted by molar-refractivity contribution is -0.116. The maximum atomic E-state index is 14.0. The number of nitrogens with one attached hydrogen (secondary N) is 1. The zero-order valence-electron chi connectivity index (χ0n) is 9.49. The number of nitrogens with zero attached hydrogens (tertiary/aromatic N) is 2. The van der Waals surface area contributed by atoms with Gasteiger partial charge in [-0.15, -0.1) is 5.10 Å². The van der Waals surface area contributed by atoms with Crippen molar-refractivity contribution in [3.63, 3.8) is 0 Å². The monoisotopic (exact) mass is 407 g/mol. The van der Waals surface area contributed by atoms with Gasteiger partial charge in [0, 0.05) is 20.9 Å². The van der Waals surface area contributed by atoms with Gasteiger partial charge in [-0.2, -0.15) is 5.10 Å². The minimum absolute atomic E-state index is 0.102. The van der Waals surface area contributed by atoms with Crippen molar-refractivity contribution in [1.82, 2.24) is 5.32 Å². The van der Waals surface area contributed by atoms with E-state index in [1.807, 2.05) is 0 Å². The van der Waals surface area contributed by atoms with Gasteiger partial charge >= 0.3 is 0 Å². The van der Waals surface area contributed by atoms with Gasteiger partial charge < -0.3 is 5.32 Å². The molecular formula is C11H8Br2FN3OS. The van der Waals surface area contributed by atoms with Gasteiger partial charge in [-0.25, -0.2) is 4.39 Å². The van der Waals surface area contributed by atoms with E-state index in [-0.39, 0.29) is 11.7 Å². The molecule has 0 radical (unpaired) electrons. The van der Waals surface area contributed by atoms with E-state index in [9.17, 15) is 9.18 Å². The molecule has 4 nitrogen and oxygen atoms in total. The molecule has 1 aromatic carbocycles. The molecule has 0 unspecified atom stereocenters. The number of carbonyl (C=O) groups is 1. The van der Waals surface area contributed by atoms with Gasteiger partial charge in [0.15, 0.2) is 5.17 Å². The number of hydrogen-bond donors (Lipinski definition) is 1. The van der Waals surface area contributed by atoms with Crippen LogP contribution < -0.4 is 5.32 Å². The molecule has 1 aliphatic rings. The summed E-state index contributed by atoms with van der Waals surface area (Å²) in [5.74, 6) is -0.108. The number of halogens is 3. The lowest BCUT2D eigenvalue weighted by Crippen LogP contribution is -2.19. The number of rotatable bonds is 3. The Balaban J connectivity index is 2.17. The van der Waals surface area contributed by atoms with Crippen molar-refractivity contribution < 1.29 is 9.18 Å².